The molecule has 0 bridgehead atoms. The smallest absolute Gasteiger partial charge is 0.214 e. The molecule has 0 spiro atoms. The highest BCUT2D eigenvalue weighted by Gasteiger charge is 2.38. The van der Waals surface area contributed by atoms with Crippen molar-refractivity contribution < 1.29 is 9.84 Å². The van der Waals surface area contributed by atoms with Crippen molar-refractivity contribution in [2.45, 2.75) is 45.9 Å². The molecule has 0 aromatic carbocycles. The molecule has 0 aliphatic carbocycles. The third-order valence-electron chi connectivity index (χ3n) is 5.20. The summed E-state index contributed by atoms with van der Waals surface area (Å²) in [6, 6.07) is 6.06. The zero-order valence-corrected chi connectivity index (χ0v) is 16.3. The zero-order chi connectivity index (χ0) is 19.2. The second-order valence-corrected chi connectivity index (χ2v) is 8.17. The van der Waals surface area contributed by atoms with Crippen LogP contribution in [0.1, 0.15) is 44.4 Å². The van der Waals surface area contributed by atoms with Gasteiger partial charge in [-0.15, -0.1) is 0 Å². The summed E-state index contributed by atoms with van der Waals surface area (Å²) < 4.78 is 5.75. The first-order valence-electron chi connectivity index (χ1n) is 9.45. The first kappa shape index (κ1) is 17.9. The van der Waals surface area contributed by atoms with E-state index >= 15 is 0 Å². The van der Waals surface area contributed by atoms with Crippen LogP contribution >= 0.6 is 0 Å². The van der Waals surface area contributed by atoms with Gasteiger partial charge in [0.15, 0.2) is 0 Å². The molecule has 2 aliphatic heterocycles. The molecule has 27 heavy (non-hydrogen) atoms. The fourth-order valence-corrected chi connectivity index (χ4v) is 3.46. The predicted octanol–water partition coefficient (Wildman–Crippen LogP) is 2.82. The number of rotatable bonds is 5. The molecule has 1 fully saturated rings. The van der Waals surface area contributed by atoms with Crippen molar-refractivity contribution in [1.29, 1.82) is 0 Å². The standard InChI is InChI=1S/C21H26N4O2/c1-13(2)27-19-8-17-15(9-23-19)10-24-20(17)14-5-6-22-18(7-14)25-11-16(12-25)21(3,4)26/h5-9,13,16,26H,10-12H2,1-4H3. The fraction of sp³-hybridized carbons (Fsp3) is 0.476. The van der Waals surface area contributed by atoms with Crippen LogP contribution in [0.3, 0.4) is 0 Å². The molecule has 0 saturated carbocycles. The Morgan fingerprint density at radius 1 is 1.22 bits per heavy atom. The van der Waals surface area contributed by atoms with Gasteiger partial charge >= 0.3 is 0 Å². The third-order valence-corrected chi connectivity index (χ3v) is 5.20. The molecule has 1 N–H and O–H groups in total. The van der Waals surface area contributed by atoms with E-state index in [1.54, 1.807) is 0 Å². The van der Waals surface area contributed by atoms with E-state index in [1.807, 2.05) is 52.2 Å². The van der Waals surface area contributed by atoms with Crippen LogP contribution < -0.4 is 9.64 Å². The zero-order valence-electron chi connectivity index (χ0n) is 16.3. The summed E-state index contributed by atoms with van der Waals surface area (Å²) in [5.74, 6) is 1.83. The average molecular weight is 366 g/mol. The number of fused-ring (bicyclic) bond motifs is 1. The maximum Gasteiger partial charge on any atom is 0.214 e. The van der Waals surface area contributed by atoms with Crippen LogP contribution in [-0.2, 0) is 6.54 Å². The molecule has 2 aliphatic rings. The summed E-state index contributed by atoms with van der Waals surface area (Å²) in [6.07, 6.45) is 3.77. The Balaban J connectivity index is 1.56. The van der Waals surface area contributed by atoms with E-state index in [-0.39, 0.29) is 12.0 Å². The molecule has 142 valence electrons. The van der Waals surface area contributed by atoms with E-state index in [2.05, 4.69) is 20.9 Å². The summed E-state index contributed by atoms with van der Waals surface area (Å²) in [6.45, 7) is 10.0. The van der Waals surface area contributed by atoms with Crippen molar-refractivity contribution in [1.82, 2.24) is 9.97 Å². The molecule has 4 rings (SSSR count). The maximum absolute atomic E-state index is 10.1. The number of aliphatic imine (C=N–C) groups is 1. The number of aliphatic hydroxyl groups is 1. The minimum atomic E-state index is -0.650. The topological polar surface area (TPSA) is 70.8 Å². The lowest BCUT2D eigenvalue weighted by atomic mass is 9.84. The highest BCUT2D eigenvalue weighted by atomic mass is 16.5. The molecule has 2 aromatic rings. The minimum absolute atomic E-state index is 0.0833. The molecule has 2 aromatic heterocycles. The lowest BCUT2D eigenvalue weighted by molar-refractivity contribution is 0.00439. The number of hydrogen-bond acceptors (Lipinski definition) is 6. The summed E-state index contributed by atoms with van der Waals surface area (Å²) in [7, 11) is 0. The Bertz CT molecular complexity index is 880. The molecular formula is C21H26N4O2. The molecule has 1 saturated heterocycles. The second kappa shape index (κ2) is 6.60. The van der Waals surface area contributed by atoms with Crippen LogP contribution in [0.25, 0.3) is 0 Å². The van der Waals surface area contributed by atoms with Gasteiger partial charge in [-0.2, -0.15) is 0 Å². The first-order valence-corrected chi connectivity index (χ1v) is 9.45. The Morgan fingerprint density at radius 2 is 2.00 bits per heavy atom. The van der Waals surface area contributed by atoms with Gasteiger partial charge in [0.2, 0.25) is 5.88 Å². The Morgan fingerprint density at radius 3 is 2.70 bits per heavy atom. The quantitative estimate of drug-likeness (QED) is 0.881. The molecule has 4 heterocycles. The fourth-order valence-electron chi connectivity index (χ4n) is 3.46. The Labute approximate surface area is 159 Å². The SMILES string of the molecule is CC(C)Oc1cc2c(cn1)CN=C2c1ccnc(N2CC(C(C)(C)O)C2)c1. The van der Waals surface area contributed by atoms with Crippen LogP contribution in [0.5, 0.6) is 5.88 Å². The first-order chi connectivity index (χ1) is 12.8. The average Bonchev–Trinajstić information content (AvgIpc) is 2.95. The number of aromatic nitrogens is 2. The van der Waals surface area contributed by atoms with Crippen molar-refractivity contribution in [2.24, 2.45) is 10.9 Å². The van der Waals surface area contributed by atoms with Gasteiger partial charge in [0.05, 0.1) is 24.0 Å². The lowest BCUT2D eigenvalue weighted by Crippen LogP contribution is -2.56. The summed E-state index contributed by atoms with van der Waals surface area (Å²) >= 11 is 0. The van der Waals surface area contributed by atoms with Crippen LogP contribution in [0, 0.1) is 5.92 Å². The summed E-state index contributed by atoms with van der Waals surface area (Å²) in [5.41, 5.74) is 3.56. The summed E-state index contributed by atoms with van der Waals surface area (Å²) in [5, 5.41) is 10.1. The van der Waals surface area contributed by atoms with Crippen molar-refractivity contribution in [3.05, 3.63) is 47.3 Å². The van der Waals surface area contributed by atoms with Crippen LogP contribution in [0.4, 0.5) is 5.82 Å². The third kappa shape index (κ3) is 3.54. The van der Waals surface area contributed by atoms with Gasteiger partial charge in [0.1, 0.15) is 5.82 Å². The van der Waals surface area contributed by atoms with Crippen LogP contribution in [-0.4, -0.2) is 45.6 Å². The van der Waals surface area contributed by atoms with Crippen molar-refractivity contribution in [3.63, 3.8) is 0 Å². The van der Waals surface area contributed by atoms with Crippen LogP contribution in [0.2, 0.25) is 0 Å². The molecule has 0 atom stereocenters. The van der Waals surface area contributed by atoms with E-state index in [9.17, 15) is 5.11 Å². The van der Waals surface area contributed by atoms with Crippen molar-refractivity contribution in [2.75, 3.05) is 18.0 Å². The molecule has 0 unspecified atom stereocenters. The number of anilines is 1. The predicted molar refractivity (Wildman–Crippen MR) is 106 cm³/mol. The highest BCUT2D eigenvalue weighted by Crippen LogP contribution is 2.32. The van der Waals surface area contributed by atoms with E-state index in [1.165, 1.54) is 0 Å². The molecule has 0 radical (unpaired) electrons. The monoisotopic (exact) mass is 366 g/mol. The molecular weight excluding hydrogens is 340 g/mol. The number of ether oxygens (including phenoxy) is 1. The van der Waals surface area contributed by atoms with Gasteiger partial charge in [-0.05, 0) is 39.8 Å². The van der Waals surface area contributed by atoms with Gasteiger partial charge in [-0.1, -0.05) is 0 Å². The minimum Gasteiger partial charge on any atom is -0.475 e. The second-order valence-electron chi connectivity index (χ2n) is 8.17. The molecule has 6 heteroatoms. The largest absolute Gasteiger partial charge is 0.475 e. The Hall–Kier alpha value is -2.47. The number of hydrogen-bond donors (Lipinski definition) is 1. The highest BCUT2D eigenvalue weighted by molar-refractivity contribution is 6.15. The lowest BCUT2D eigenvalue weighted by Gasteiger charge is -2.45. The van der Waals surface area contributed by atoms with E-state index < -0.39 is 5.60 Å². The van der Waals surface area contributed by atoms with Gasteiger partial charge in [0, 0.05) is 54.2 Å². The van der Waals surface area contributed by atoms with E-state index in [0.29, 0.717) is 12.4 Å². The molecule has 0 amide bonds. The van der Waals surface area contributed by atoms with Gasteiger partial charge < -0.3 is 14.7 Å². The van der Waals surface area contributed by atoms with Crippen molar-refractivity contribution in [3.8, 4) is 5.88 Å². The van der Waals surface area contributed by atoms with E-state index in [4.69, 9.17) is 9.73 Å². The maximum atomic E-state index is 10.1. The number of nitrogens with zero attached hydrogens (tertiary/aromatic N) is 4. The van der Waals surface area contributed by atoms with Crippen LogP contribution in [0.15, 0.2) is 35.6 Å². The normalized spacial score (nSPS) is 17.0. The number of pyridine rings is 2. The van der Waals surface area contributed by atoms with Gasteiger partial charge in [-0.25, -0.2) is 9.97 Å². The Kier molecular flexibility index (Phi) is 4.38. The molecule has 6 nitrogen and oxygen atoms in total. The summed E-state index contributed by atoms with van der Waals surface area (Å²) in [4.78, 5) is 15.8. The van der Waals surface area contributed by atoms with Gasteiger partial charge in [-0.3, -0.25) is 4.99 Å². The van der Waals surface area contributed by atoms with E-state index in [0.717, 1.165) is 41.3 Å². The van der Waals surface area contributed by atoms with Gasteiger partial charge in [0.25, 0.3) is 0 Å². The van der Waals surface area contributed by atoms with Crippen molar-refractivity contribution >= 4 is 11.5 Å².